The predicted octanol–water partition coefficient (Wildman–Crippen LogP) is 5.50. The monoisotopic (exact) mass is 406 g/mol. The van der Waals surface area contributed by atoms with Crippen LogP contribution in [-0.4, -0.2) is 20.6 Å². The molecular weight excluding hydrogens is 380 g/mol. The van der Waals surface area contributed by atoms with Crippen LogP contribution in [0.2, 0.25) is 0 Å². The molecule has 2 atom stereocenters. The van der Waals surface area contributed by atoms with Gasteiger partial charge in [-0.3, -0.25) is 14.2 Å². The van der Waals surface area contributed by atoms with Gasteiger partial charge in [-0.2, -0.15) is 0 Å². The lowest BCUT2D eigenvalue weighted by Crippen LogP contribution is -2.26. The van der Waals surface area contributed by atoms with Crippen LogP contribution in [0.1, 0.15) is 57.4 Å². The molecule has 0 bridgehead atoms. The van der Waals surface area contributed by atoms with E-state index < -0.39 is 0 Å². The SMILES string of the molecule is CC[C@H](C)c1ccc(-n2c(S[C@H]3CCCCC3=O)nc3ccccc3c2=O)cc1. The van der Waals surface area contributed by atoms with E-state index in [-0.39, 0.29) is 16.6 Å². The standard InChI is InChI=1S/C24H26N2O2S/c1-3-16(2)17-12-14-18(15-13-17)26-23(28)19-8-4-5-9-20(19)25-24(26)29-22-11-7-6-10-21(22)27/h4-5,8-9,12-16,22H,3,6-7,10-11H2,1-2H3/t16-,22-/m0/s1. The fourth-order valence-electron chi connectivity index (χ4n) is 3.81. The normalized spacial score (nSPS) is 18.1. The number of para-hydroxylation sites is 1. The quantitative estimate of drug-likeness (QED) is 0.525. The molecule has 4 rings (SSSR count). The summed E-state index contributed by atoms with van der Waals surface area (Å²) in [6, 6.07) is 15.6. The summed E-state index contributed by atoms with van der Waals surface area (Å²) in [5, 5.41) is 1.07. The molecule has 1 heterocycles. The molecule has 1 fully saturated rings. The maximum atomic E-state index is 13.4. The van der Waals surface area contributed by atoms with E-state index >= 15 is 0 Å². The Morgan fingerprint density at radius 2 is 1.86 bits per heavy atom. The summed E-state index contributed by atoms with van der Waals surface area (Å²) in [5.41, 5.74) is 2.65. The average Bonchev–Trinajstić information content (AvgIpc) is 2.75. The number of carbonyl (C=O) groups is 1. The first-order valence-corrected chi connectivity index (χ1v) is 11.3. The number of hydrogen-bond acceptors (Lipinski definition) is 4. The van der Waals surface area contributed by atoms with Gasteiger partial charge in [-0.25, -0.2) is 4.98 Å². The summed E-state index contributed by atoms with van der Waals surface area (Å²) in [4.78, 5) is 30.6. The fourth-order valence-corrected chi connectivity index (χ4v) is 5.04. The van der Waals surface area contributed by atoms with Crippen molar-refractivity contribution in [1.82, 2.24) is 9.55 Å². The van der Waals surface area contributed by atoms with E-state index in [0.29, 0.717) is 28.4 Å². The van der Waals surface area contributed by atoms with Crippen molar-refractivity contribution in [3.63, 3.8) is 0 Å². The molecule has 2 aromatic carbocycles. The van der Waals surface area contributed by atoms with Crippen LogP contribution in [0.4, 0.5) is 0 Å². The summed E-state index contributed by atoms with van der Waals surface area (Å²) in [5.74, 6) is 0.742. The van der Waals surface area contributed by atoms with Crippen LogP contribution in [0.5, 0.6) is 0 Å². The highest BCUT2D eigenvalue weighted by Gasteiger charge is 2.26. The summed E-state index contributed by atoms with van der Waals surface area (Å²) in [6.07, 6.45) is 4.55. The molecule has 3 aromatic rings. The average molecular weight is 407 g/mol. The Morgan fingerprint density at radius 3 is 2.59 bits per heavy atom. The Labute approximate surface area is 175 Å². The number of Topliss-reactive ketones (excluding diaryl/α,β-unsaturated/α-hetero) is 1. The summed E-state index contributed by atoms with van der Waals surface area (Å²) in [6.45, 7) is 4.38. The van der Waals surface area contributed by atoms with Gasteiger partial charge >= 0.3 is 0 Å². The number of nitrogens with zero attached hydrogens (tertiary/aromatic N) is 2. The number of fused-ring (bicyclic) bond motifs is 1. The minimum absolute atomic E-state index is 0.0855. The number of hydrogen-bond donors (Lipinski definition) is 0. The number of carbonyl (C=O) groups excluding carboxylic acids is 1. The maximum absolute atomic E-state index is 13.4. The van der Waals surface area contributed by atoms with Crippen molar-refractivity contribution in [2.45, 2.75) is 62.3 Å². The molecule has 0 amide bonds. The minimum atomic E-state index is -0.123. The van der Waals surface area contributed by atoms with Crippen molar-refractivity contribution in [3.8, 4) is 5.69 Å². The summed E-state index contributed by atoms with van der Waals surface area (Å²) in [7, 11) is 0. The van der Waals surface area contributed by atoms with Crippen LogP contribution >= 0.6 is 11.8 Å². The molecule has 0 radical (unpaired) electrons. The predicted molar refractivity (Wildman–Crippen MR) is 119 cm³/mol. The van der Waals surface area contributed by atoms with E-state index in [2.05, 4.69) is 26.0 Å². The molecule has 0 N–H and O–H groups in total. The van der Waals surface area contributed by atoms with Crippen LogP contribution in [0.25, 0.3) is 16.6 Å². The molecule has 1 aliphatic rings. The molecule has 4 nitrogen and oxygen atoms in total. The van der Waals surface area contributed by atoms with Crippen LogP contribution in [0.15, 0.2) is 58.5 Å². The second kappa shape index (κ2) is 8.54. The number of ketones is 1. The third-order valence-electron chi connectivity index (χ3n) is 5.82. The van der Waals surface area contributed by atoms with Gasteiger partial charge in [0, 0.05) is 6.42 Å². The van der Waals surface area contributed by atoms with Crippen molar-refractivity contribution in [2.75, 3.05) is 0 Å². The minimum Gasteiger partial charge on any atom is -0.298 e. The highest BCUT2D eigenvalue weighted by Crippen LogP contribution is 2.32. The second-order valence-corrected chi connectivity index (χ2v) is 8.94. The molecule has 1 aliphatic carbocycles. The zero-order chi connectivity index (χ0) is 20.4. The zero-order valence-electron chi connectivity index (χ0n) is 16.9. The zero-order valence-corrected chi connectivity index (χ0v) is 17.7. The topological polar surface area (TPSA) is 52.0 Å². The molecular formula is C24H26N2O2S. The van der Waals surface area contributed by atoms with Gasteiger partial charge in [0.15, 0.2) is 5.16 Å². The largest absolute Gasteiger partial charge is 0.298 e. The van der Waals surface area contributed by atoms with Crippen molar-refractivity contribution in [3.05, 3.63) is 64.4 Å². The van der Waals surface area contributed by atoms with Crippen molar-refractivity contribution in [2.24, 2.45) is 0 Å². The van der Waals surface area contributed by atoms with Gasteiger partial charge < -0.3 is 0 Å². The van der Waals surface area contributed by atoms with Gasteiger partial charge in [0.1, 0.15) is 5.78 Å². The highest BCUT2D eigenvalue weighted by molar-refractivity contribution is 8.00. The number of benzene rings is 2. The molecule has 0 unspecified atom stereocenters. The highest BCUT2D eigenvalue weighted by atomic mass is 32.2. The number of rotatable bonds is 5. The lowest BCUT2D eigenvalue weighted by Gasteiger charge is -2.21. The Morgan fingerprint density at radius 1 is 1.10 bits per heavy atom. The summed E-state index contributed by atoms with van der Waals surface area (Å²) < 4.78 is 1.68. The van der Waals surface area contributed by atoms with E-state index in [4.69, 9.17) is 4.98 Å². The van der Waals surface area contributed by atoms with E-state index in [1.54, 1.807) is 4.57 Å². The molecule has 1 aromatic heterocycles. The van der Waals surface area contributed by atoms with Gasteiger partial charge in [0.2, 0.25) is 0 Å². The Bertz CT molecular complexity index is 1090. The van der Waals surface area contributed by atoms with Crippen molar-refractivity contribution < 1.29 is 4.79 Å². The number of thioether (sulfide) groups is 1. The van der Waals surface area contributed by atoms with Crippen LogP contribution < -0.4 is 5.56 Å². The van der Waals surface area contributed by atoms with Gasteiger partial charge in [0.05, 0.1) is 21.8 Å². The first-order chi connectivity index (χ1) is 14.1. The molecule has 0 saturated heterocycles. The molecule has 1 saturated carbocycles. The van der Waals surface area contributed by atoms with Crippen molar-refractivity contribution in [1.29, 1.82) is 0 Å². The van der Waals surface area contributed by atoms with E-state index in [1.807, 2.05) is 36.4 Å². The molecule has 0 spiro atoms. The van der Waals surface area contributed by atoms with Gasteiger partial charge in [-0.05, 0) is 55.0 Å². The Hall–Kier alpha value is -2.40. The molecule has 0 aliphatic heterocycles. The van der Waals surface area contributed by atoms with E-state index in [0.717, 1.165) is 31.4 Å². The molecule has 150 valence electrons. The smallest absolute Gasteiger partial charge is 0.266 e. The Balaban J connectivity index is 1.83. The Kier molecular flexibility index (Phi) is 5.86. The third-order valence-corrected chi connectivity index (χ3v) is 7.09. The van der Waals surface area contributed by atoms with Crippen LogP contribution in [-0.2, 0) is 4.79 Å². The fraction of sp³-hybridized carbons (Fsp3) is 0.375. The summed E-state index contributed by atoms with van der Waals surface area (Å²) >= 11 is 1.44. The van der Waals surface area contributed by atoms with Crippen molar-refractivity contribution >= 4 is 28.4 Å². The van der Waals surface area contributed by atoms with Gasteiger partial charge in [-0.1, -0.05) is 56.3 Å². The van der Waals surface area contributed by atoms with Gasteiger partial charge in [-0.15, -0.1) is 0 Å². The molecule has 5 heteroatoms. The van der Waals surface area contributed by atoms with Crippen LogP contribution in [0, 0.1) is 0 Å². The number of aromatic nitrogens is 2. The lowest BCUT2D eigenvalue weighted by molar-refractivity contribution is -0.119. The third kappa shape index (κ3) is 4.01. The molecule has 29 heavy (non-hydrogen) atoms. The van der Waals surface area contributed by atoms with E-state index in [9.17, 15) is 9.59 Å². The van der Waals surface area contributed by atoms with Gasteiger partial charge in [0.25, 0.3) is 5.56 Å². The lowest BCUT2D eigenvalue weighted by atomic mass is 9.98. The maximum Gasteiger partial charge on any atom is 0.266 e. The first kappa shape index (κ1) is 19.9. The van der Waals surface area contributed by atoms with Crippen LogP contribution in [0.3, 0.4) is 0 Å². The first-order valence-electron chi connectivity index (χ1n) is 10.4. The van der Waals surface area contributed by atoms with E-state index in [1.165, 1.54) is 17.3 Å². The second-order valence-electron chi connectivity index (χ2n) is 7.77.